The van der Waals surface area contributed by atoms with Crippen molar-refractivity contribution in [2.24, 2.45) is 0 Å². The number of hydrogen-bond donors (Lipinski definition) is 3. The van der Waals surface area contributed by atoms with Crippen LogP contribution in [0.5, 0.6) is 5.75 Å². The first kappa shape index (κ1) is 16.3. The second kappa shape index (κ2) is 4.97. The van der Waals surface area contributed by atoms with E-state index >= 15 is 0 Å². The minimum atomic E-state index is -1.76. The summed E-state index contributed by atoms with van der Waals surface area (Å²) in [5, 5.41) is 21.2. The van der Waals surface area contributed by atoms with Crippen LogP contribution in [0.1, 0.15) is 38.1 Å². The van der Waals surface area contributed by atoms with Gasteiger partial charge in [0.2, 0.25) is 5.82 Å². The number of nitrogens with one attached hydrogen (secondary N) is 1. The maximum atomic E-state index is 13.6. The summed E-state index contributed by atoms with van der Waals surface area (Å²) in [6.07, 6.45) is 0. The third-order valence-corrected chi connectivity index (χ3v) is 3.33. The van der Waals surface area contributed by atoms with Crippen LogP contribution in [0, 0.1) is 17.5 Å². The van der Waals surface area contributed by atoms with E-state index in [1.165, 1.54) is 27.7 Å². The van der Waals surface area contributed by atoms with Crippen LogP contribution in [0.4, 0.5) is 13.2 Å². The smallest absolute Gasteiger partial charge is 0.255 e. The van der Waals surface area contributed by atoms with Crippen LogP contribution in [0.15, 0.2) is 6.07 Å². The molecule has 0 saturated heterocycles. The Kier molecular flexibility index (Phi) is 4.05. The number of carbonyl (C=O) groups excluding carboxylic acids is 1. The van der Waals surface area contributed by atoms with Gasteiger partial charge < -0.3 is 15.5 Å². The Labute approximate surface area is 114 Å². The predicted molar refractivity (Wildman–Crippen MR) is 65.8 cm³/mol. The molecule has 0 bridgehead atoms. The molecule has 0 aliphatic carbocycles. The van der Waals surface area contributed by atoms with Crippen molar-refractivity contribution in [2.45, 2.75) is 38.8 Å². The van der Waals surface area contributed by atoms with Gasteiger partial charge in [-0.05, 0) is 33.8 Å². The number of phenols is 1. The van der Waals surface area contributed by atoms with E-state index in [1.807, 2.05) is 0 Å². The van der Waals surface area contributed by atoms with Gasteiger partial charge in [-0.25, -0.2) is 8.78 Å². The second-order valence-corrected chi connectivity index (χ2v) is 5.52. The first-order valence-electron chi connectivity index (χ1n) is 5.80. The highest BCUT2D eigenvalue weighted by Gasteiger charge is 2.37. The average Bonchev–Trinajstić information content (AvgIpc) is 2.29. The van der Waals surface area contributed by atoms with E-state index < -0.39 is 45.8 Å². The summed E-state index contributed by atoms with van der Waals surface area (Å²) in [7, 11) is 0. The molecule has 0 radical (unpaired) electrons. The molecule has 7 heteroatoms. The van der Waals surface area contributed by atoms with E-state index in [2.05, 4.69) is 5.32 Å². The summed E-state index contributed by atoms with van der Waals surface area (Å²) in [4.78, 5) is 11.9. The number of carbonyl (C=O) groups is 1. The van der Waals surface area contributed by atoms with Crippen molar-refractivity contribution in [2.75, 3.05) is 0 Å². The minimum absolute atomic E-state index is 0.347. The lowest BCUT2D eigenvalue weighted by molar-refractivity contribution is -0.00302. The van der Waals surface area contributed by atoms with Crippen LogP contribution in [0.2, 0.25) is 0 Å². The molecule has 0 unspecified atom stereocenters. The van der Waals surface area contributed by atoms with Gasteiger partial charge in [0.25, 0.3) is 5.91 Å². The van der Waals surface area contributed by atoms with Crippen molar-refractivity contribution in [3.05, 3.63) is 29.1 Å². The highest BCUT2D eigenvalue weighted by Crippen LogP contribution is 2.27. The zero-order valence-corrected chi connectivity index (χ0v) is 11.5. The predicted octanol–water partition coefficient (Wildman–Crippen LogP) is 2.09. The number of aromatic hydroxyl groups is 1. The van der Waals surface area contributed by atoms with Gasteiger partial charge in [0, 0.05) is 0 Å². The van der Waals surface area contributed by atoms with Crippen LogP contribution in [-0.2, 0) is 0 Å². The molecule has 0 heterocycles. The zero-order valence-electron chi connectivity index (χ0n) is 11.5. The molecule has 0 atom stereocenters. The highest BCUT2D eigenvalue weighted by molar-refractivity contribution is 5.95. The van der Waals surface area contributed by atoms with Gasteiger partial charge in [0.15, 0.2) is 17.4 Å². The molecule has 0 spiro atoms. The van der Waals surface area contributed by atoms with Crippen molar-refractivity contribution in [3.8, 4) is 5.75 Å². The first-order chi connectivity index (χ1) is 8.88. The van der Waals surface area contributed by atoms with Gasteiger partial charge in [-0.3, -0.25) is 4.79 Å². The monoisotopic (exact) mass is 291 g/mol. The van der Waals surface area contributed by atoms with E-state index in [1.54, 1.807) is 0 Å². The van der Waals surface area contributed by atoms with Crippen molar-refractivity contribution < 1.29 is 28.2 Å². The number of amides is 1. The number of benzene rings is 1. The lowest BCUT2D eigenvalue weighted by Gasteiger charge is -2.38. The Bertz CT molecular complexity index is 551. The molecule has 0 saturated carbocycles. The molecule has 1 amide bonds. The quantitative estimate of drug-likeness (QED) is 0.747. The van der Waals surface area contributed by atoms with E-state index in [-0.39, 0.29) is 0 Å². The Balaban J connectivity index is 3.18. The summed E-state index contributed by atoms with van der Waals surface area (Å²) in [5.41, 5.74) is -3.37. The third-order valence-electron chi connectivity index (χ3n) is 3.33. The Morgan fingerprint density at radius 2 is 1.65 bits per heavy atom. The number of hydrogen-bond acceptors (Lipinski definition) is 3. The summed E-state index contributed by atoms with van der Waals surface area (Å²) < 4.78 is 39.6. The molecule has 1 rings (SSSR count). The fourth-order valence-electron chi connectivity index (χ4n) is 1.26. The van der Waals surface area contributed by atoms with E-state index in [0.717, 1.165) is 0 Å². The lowest BCUT2D eigenvalue weighted by atomic mass is 9.85. The van der Waals surface area contributed by atoms with E-state index in [4.69, 9.17) is 5.11 Å². The Hall–Kier alpha value is -1.76. The van der Waals surface area contributed by atoms with E-state index in [9.17, 15) is 23.1 Å². The standard InChI is InChI=1S/C13H16F3NO3/c1-12(2,13(3,4)20)17-11(19)6-5-7(14)9(16)10(18)8(6)15/h5,18,20H,1-4H3,(H,17,19). The maximum Gasteiger partial charge on any atom is 0.255 e. The van der Waals surface area contributed by atoms with Gasteiger partial charge in [-0.15, -0.1) is 0 Å². The number of aliphatic hydroxyl groups is 1. The molecule has 1 aromatic carbocycles. The summed E-state index contributed by atoms with van der Waals surface area (Å²) in [5.74, 6) is -7.51. The molecule has 3 N–H and O–H groups in total. The fourth-order valence-corrected chi connectivity index (χ4v) is 1.26. The number of rotatable bonds is 3. The summed E-state index contributed by atoms with van der Waals surface area (Å²) in [6.45, 7) is 5.80. The lowest BCUT2D eigenvalue weighted by Crippen LogP contribution is -2.57. The molecule has 20 heavy (non-hydrogen) atoms. The molecule has 0 aliphatic rings. The third kappa shape index (κ3) is 2.87. The maximum absolute atomic E-state index is 13.6. The first-order valence-corrected chi connectivity index (χ1v) is 5.80. The number of halogens is 3. The van der Waals surface area contributed by atoms with Gasteiger partial charge in [0.05, 0.1) is 16.7 Å². The summed E-state index contributed by atoms with van der Waals surface area (Å²) >= 11 is 0. The molecular weight excluding hydrogens is 275 g/mol. The van der Waals surface area contributed by atoms with Crippen molar-refractivity contribution in [1.82, 2.24) is 5.32 Å². The van der Waals surface area contributed by atoms with Gasteiger partial charge in [-0.2, -0.15) is 4.39 Å². The van der Waals surface area contributed by atoms with Crippen LogP contribution in [0.3, 0.4) is 0 Å². The average molecular weight is 291 g/mol. The molecule has 0 aromatic heterocycles. The molecule has 1 aromatic rings. The molecule has 112 valence electrons. The van der Waals surface area contributed by atoms with Crippen LogP contribution < -0.4 is 5.32 Å². The largest absolute Gasteiger partial charge is 0.503 e. The molecule has 0 aliphatic heterocycles. The highest BCUT2D eigenvalue weighted by atomic mass is 19.2. The van der Waals surface area contributed by atoms with E-state index in [0.29, 0.717) is 6.07 Å². The second-order valence-electron chi connectivity index (χ2n) is 5.52. The Morgan fingerprint density at radius 3 is 2.10 bits per heavy atom. The SMILES string of the molecule is CC(C)(O)C(C)(C)NC(=O)c1cc(F)c(F)c(O)c1F. The number of phenolic OH excluding ortho intramolecular Hbond substituents is 1. The van der Waals surface area contributed by atoms with Gasteiger partial charge in [0.1, 0.15) is 0 Å². The van der Waals surface area contributed by atoms with Crippen LogP contribution in [-0.4, -0.2) is 27.3 Å². The van der Waals surface area contributed by atoms with Crippen molar-refractivity contribution in [3.63, 3.8) is 0 Å². The molecule has 0 fully saturated rings. The summed E-state index contributed by atoms with van der Waals surface area (Å²) in [6, 6.07) is 0.347. The van der Waals surface area contributed by atoms with Crippen molar-refractivity contribution >= 4 is 5.91 Å². The Morgan fingerprint density at radius 1 is 1.15 bits per heavy atom. The van der Waals surface area contributed by atoms with Crippen LogP contribution >= 0.6 is 0 Å². The molecule has 4 nitrogen and oxygen atoms in total. The van der Waals surface area contributed by atoms with Crippen LogP contribution in [0.25, 0.3) is 0 Å². The normalized spacial score (nSPS) is 12.4. The van der Waals surface area contributed by atoms with Gasteiger partial charge >= 0.3 is 0 Å². The zero-order chi connectivity index (χ0) is 15.9. The topological polar surface area (TPSA) is 69.6 Å². The fraction of sp³-hybridized carbons (Fsp3) is 0.462. The van der Waals surface area contributed by atoms with Crippen molar-refractivity contribution in [1.29, 1.82) is 0 Å². The van der Waals surface area contributed by atoms with Gasteiger partial charge in [-0.1, -0.05) is 0 Å². The molecular formula is C13H16F3NO3. The minimum Gasteiger partial charge on any atom is -0.503 e.